The normalized spacial score (nSPS) is 15.1. The van der Waals surface area contributed by atoms with Gasteiger partial charge in [0.25, 0.3) is 0 Å². The van der Waals surface area contributed by atoms with Crippen molar-refractivity contribution in [3.05, 3.63) is 0 Å². The molecule has 0 heterocycles. The van der Waals surface area contributed by atoms with Crippen LogP contribution < -0.4 is 5.32 Å². The molecule has 4 heteroatoms. The smallest absolute Gasteiger partial charge is 0.407 e. The van der Waals surface area contributed by atoms with Gasteiger partial charge < -0.3 is 15.2 Å². The fourth-order valence-corrected chi connectivity index (χ4v) is 0.609. The summed E-state index contributed by atoms with van der Waals surface area (Å²) >= 11 is 0. The highest BCUT2D eigenvalue weighted by Gasteiger charge is 2.20. The van der Waals surface area contributed by atoms with Crippen molar-refractivity contribution in [2.24, 2.45) is 0 Å². The molecule has 0 radical (unpaired) electrons. The van der Waals surface area contributed by atoms with Crippen molar-refractivity contribution in [2.45, 2.75) is 38.9 Å². The third kappa shape index (κ3) is 6.32. The Hall–Kier alpha value is -1.21. The van der Waals surface area contributed by atoms with Crippen molar-refractivity contribution >= 4 is 6.09 Å². The first-order valence-corrected chi connectivity index (χ1v) is 4.33. The third-order valence-electron chi connectivity index (χ3n) is 1.29. The minimum Gasteiger partial charge on any atom is -0.444 e. The minimum absolute atomic E-state index is 0.0294. The first-order chi connectivity index (χ1) is 6.16. The fourth-order valence-electron chi connectivity index (χ4n) is 0.609. The van der Waals surface area contributed by atoms with E-state index in [-0.39, 0.29) is 6.54 Å². The fraction of sp³-hybridized carbons (Fsp3) is 0.700. The zero-order valence-electron chi connectivity index (χ0n) is 9.05. The van der Waals surface area contributed by atoms with E-state index in [0.717, 1.165) is 0 Å². The summed E-state index contributed by atoms with van der Waals surface area (Å²) in [6, 6.07) is 0. The maximum absolute atomic E-state index is 11.1. The highest BCUT2D eigenvalue weighted by molar-refractivity contribution is 5.67. The Balaban J connectivity index is 3.95. The number of terminal acetylenes is 1. The number of hydrogen-bond acceptors (Lipinski definition) is 3. The Labute approximate surface area is 84.6 Å². The first-order valence-electron chi connectivity index (χ1n) is 4.33. The summed E-state index contributed by atoms with van der Waals surface area (Å²) in [4.78, 5) is 11.1. The Morgan fingerprint density at radius 3 is 2.36 bits per heavy atom. The summed E-state index contributed by atoms with van der Waals surface area (Å²) < 4.78 is 4.95. The highest BCUT2D eigenvalue weighted by atomic mass is 16.6. The molecule has 0 bridgehead atoms. The standard InChI is InChI=1S/C10H17NO3/c1-6-10(5,13)7-11-8(12)14-9(2,3)4/h1,13H,7H2,2-5H3,(H,11,12). The van der Waals surface area contributed by atoms with Crippen molar-refractivity contribution in [1.29, 1.82) is 0 Å². The second-order valence-electron chi connectivity index (χ2n) is 4.27. The van der Waals surface area contributed by atoms with Gasteiger partial charge in [-0.05, 0) is 27.7 Å². The van der Waals surface area contributed by atoms with Gasteiger partial charge in [0.15, 0.2) is 0 Å². The molecule has 0 aliphatic carbocycles. The molecule has 14 heavy (non-hydrogen) atoms. The van der Waals surface area contributed by atoms with Crippen molar-refractivity contribution in [2.75, 3.05) is 6.54 Å². The van der Waals surface area contributed by atoms with Crippen LogP contribution in [0.3, 0.4) is 0 Å². The van der Waals surface area contributed by atoms with Gasteiger partial charge in [-0.1, -0.05) is 5.92 Å². The largest absolute Gasteiger partial charge is 0.444 e. The van der Waals surface area contributed by atoms with Crippen LogP contribution in [0, 0.1) is 12.3 Å². The SMILES string of the molecule is C#CC(C)(O)CNC(=O)OC(C)(C)C. The average Bonchev–Trinajstić information content (AvgIpc) is 1.98. The summed E-state index contributed by atoms with van der Waals surface area (Å²) in [6.07, 6.45) is 4.44. The van der Waals surface area contributed by atoms with Crippen molar-refractivity contribution in [3.63, 3.8) is 0 Å². The van der Waals surface area contributed by atoms with Gasteiger partial charge >= 0.3 is 6.09 Å². The third-order valence-corrected chi connectivity index (χ3v) is 1.29. The van der Waals surface area contributed by atoms with Crippen LogP contribution in [0.2, 0.25) is 0 Å². The van der Waals surface area contributed by atoms with Crippen LogP contribution >= 0.6 is 0 Å². The quantitative estimate of drug-likeness (QED) is 0.649. The van der Waals surface area contributed by atoms with Crippen LogP contribution in [0.4, 0.5) is 4.79 Å². The second-order valence-corrected chi connectivity index (χ2v) is 4.27. The number of rotatable bonds is 2. The van der Waals surface area contributed by atoms with E-state index in [0.29, 0.717) is 0 Å². The Morgan fingerprint density at radius 1 is 1.50 bits per heavy atom. The topological polar surface area (TPSA) is 58.6 Å². The predicted octanol–water partition coefficient (Wildman–Crippen LogP) is 0.895. The summed E-state index contributed by atoms with van der Waals surface area (Å²) in [5.74, 6) is 2.14. The molecule has 0 aromatic carbocycles. The molecule has 0 rings (SSSR count). The molecule has 80 valence electrons. The molecule has 0 fully saturated rings. The minimum atomic E-state index is -1.34. The van der Waals surface area contributed by atoms with Gasteiger partial charge in [0.1, 0.15) is 11.2 Å². The van der Waals surface area contributed by atoms with Crippen LogP contribution in [0.5, 0.6) is 0 Å². The molecule has 1 unspecified atom stereocenters. The van der Waals surface area contributed by atoms with E-state index in [1.807, 2.05) is 0 Å². The van der Waals surface area contributed by atoms with Crippen molar-refractivity contribution < 1.29 is 14.6 Å². The summed E-state index contributed by atoms with van der Waals surface area (Å²) in [5.41, 5.74) is -1.89. The van der Waals surface area contributed by atoms with E-state index >= 15 is 0 Å². The Morgan fingerprint density at radius 2 is 2.00 bits per heavy atom. The first kappa shape index (κ1) is 12.8. The van der Waals surface area contributed by atoms with Crippen LogP contribution in [-0.4, -0.2) is 28.9 Å². The molecule has 1 amide bonds. The Kier molecular flexibility index (Phi) is 3.96. The van der Waals surface area contributed by atoms with Crippen LogP contribution in [0.15, 0.2) is 0 Å². The van der Waals surface area contributed by atoms with E-state index in [4.69, 9.17) is 11.2 Å². The van der Waals surface area contributed by atoms with E-state index in [2.05, 4.69) is 11.2 Å². The average molecular weight is 199 g/mol. The van der Waals surface area contributed by atoms with Crippen LogP contribution in [0.1, 0.15) is 27.7 Å². The molecule has 0 spiro atoms. The molecule has 0 aromatic rings. The van der Waals surface area contributed by atoms with E-state index in [9.17, 15) is 9.90 Å². The Bertz CT molecular complexity index is 245. The molecule has 1 atom stereocenters. The van der Waals surface area contributed by atoms with Crippen molar-refractivity contribution in [1.82, 2.24) is 5.32 Å². The second kappa shape index (κ2) is 4.34. The molecule has 2 N–H and O–H groups in total. The van der Waals surface area contributed by atoms with Crippen molar-refractivity contribution in [3.8, 4) is 12.3 Å². The lowest BCUT2D eigenvalue weighted by molar-refractivity contribution is 0.0457. The van der Waals surface area contributed by atoms with E-state index < -0.39 is 17.3 Å². The monoisotopic (exact) mass is 199 g/mol. The molecule has 0 saturated carbocycles. The number of aliphatic hydroxyl groups is 1. The van der Waals surface area contributed by atoms with E-state index in [1.54, 1.807) is 20.8 Å². The maximum atomic E-state index is 11.1. The number of nitrogens with one attached hydrogen (secondary N) is 1. The van der Waals surface area contributed by atoms with Gasteiger partial charge in [-0.2, -0.15) is 0 Å². The summed E-state index contributed by atoms with van der Waals surface area (Å²) in [5, 5.41) is 11.7. The molecular formula is C10H17NO3. The molecule has 0 aliphatic rings. The molecule has 0 aliphatic heterocycles. The summed E-state index contributed by atoms with van der Waals surface area (Å²) in [6.45, 7) is 6.67. The lowest BCUT2D eigenvalue weighted by Crippen LogP contribution is -2.41. The number of amides is 1. The zero-order chi connectivity index (χ0) is 11.4. The van der Waals surface area contributed by atoms with Gasteiger partial charge in [-0.25, -0.2) is 4.79 Å². The molecule has 0 aromatic heterocycles. The number of carbonyl (C=O) groups excluding carboxylic acids is 1. The number of ether oxygens (including phenoxy) is 1. The molecule has 0 saturated heterocycles. The zero-order valence-corrected chi connectivity index (χ0v) is 9.05. The molecule has 4 nitrogen and oxygen atoms in total. The van der Waals surface area contributed by atoms with Crippen LogP contribution in [-0.2, 0) is 4.74 Å². The number of alkyl carbamates (subject to hydrolysis) is 1. The van der Waals surface area contributed by atoms with Gasteiger partial charge in [0.05, 0.1) is 6.54 Å². The van der Waals surface area contributed by atoms with Gasteiger partial charge in [-0.15, -0.1) is 6.42 Å². The predicted molar refractivity (Wildman–Crippen MR) is 53.7 cm³/mol. The molecular weight excluding hydrogens is 182 g/mol. The lowest BCUT2D eigenvalue weighted by atomic mass is 10.1. The maximum Gasteiger partial charge on any atom is 0.407 e. The number of carbonyl (C=O) groups is 1. The lowest BCUT2D eigenvalue weighted by Gasteiger charge is -2.22. The van der Waals surface area contributed by atoms with Gasteiger partial charge in [0, 0.05) is 0 Å². The summed E-state index contributed by atoms with van der Waals surface area (Å²) in [7, 11) is 0. The van der Waals surface area contributed by atoms with Gasteiger partial charge in [0.2, 0.25) is 0 Å². The van der Waals surface area contributed by atoms with Gasteiger partial charge in [-0.3, -0.25) is 0 Å². The van der Waals surface area contributed by atoms with E-state index in [1.165, 1.54) is 6.92 Å². The number of hydrogen-bond donors (Lipinski definition) is 2. The van der Waals surface area contributed by atoms with Crippen LogP contribution in [0.25, 0.3) is 0 Å². The highest BCUT2D eigenvalue weighted by Crippen LogP contribution is 2.07.